The lowest BCUT2D eigenvalue weighted by Crippen LogP contribution is -2.47. The summed E-state index contributed by atoms with van der Waals surface area (Å²) in [5, 5.41) is 0. The first-order chi connectivity index (χ1) is 7.24. The fourth-order valence-corrected chi connectivity index (χ4v) is 1.28. The Morgan fingerprint density at radius 2 is 1.60 bits per heavy atom. The molecule has 5 nitrogen and oxygen atoms in total. The van der Waals surface area contributed by atoms with Gasteiger partial charge in [0.05, 0.1) is 0 Å². The van der Waals surface area contributed by atoms with E-state index in [9.17, 15) is 9.59 Å². The Balaban J connectivity index is 4.51. The molecule has 0 aromatic rings. The fourth-order valence-electron chi connectivity index (χ4n) is 1.28. The highest BCUT2D eigenvalue weighted by Gasteiger charge is 2.24. The molecule has 2 atom stereocenters. The number of ether oxygens (including phenoxy) is 2. The topological polar surface area (TPSA) is 55.8 Å². The third kappa shape index (κ3) is 4.51. The minimum absolute atomic E-state index is 0.588. The number of hydrogen-bond donors (Lipinski definition) is 0. The van der Waals surface area contributed by atoms with Crippen LogP contribution in [0.5, 0.6) is 0 Å². The monoisotopic (exact) mass is 217 g/mol. The summed E-state index contributed by atoms with van der Waals surface area (Å²) in [5.41, 5.74) is 0. The largest absolute Gasteiger partial charge is 0.359 e. The van der Waals surface area contributed by atoms with E-state index in [4.69, 9.17) is 9.47 Å². The molecule has 0 aliphatic heterocycles. The summed E-state index contributed by atoms with van der Waals surface area (Å²) in [6, 6.07) is 0. The van der Waals surface area contributed by atoms with Crippen LogP contribution in [0, 0.1) is 0 Å². The Morgan fingerprint density at radius 1 is 1.13 bits per heavy atom. The van der Waals surface area contributed by atoms with Crippen molar-refractivity contribution in [1.29, 1.82) is 0 Å². The van der Waals surface area contributed by atoms with E-state index < -0.39 is 12.5 Å². The van der Waals surface area contributed by atoms with Gasteiger partial charge in [-0.1, -0.05) is 13.3 Å². The summed E-state index contributed by atoms with van der Waals surface area (Å²) in [7, 11) is 2.85. The van der Waals surface area contributed by atoms with Crippen LogP contribution in [0.3, 0.4) is 0 Å². The molecule has 0 saturated carbocycles. The first kappa shape index (κ1) is 14.2. The van der Waals surface area contributed by atoms with Gasteiger partial charge in [-0.2, -0.15) is 0 Å². The molecule has 0 bridgehead atoms. The first-order valence-electron chi connectivity index (χ1n) is 4.97. The summed E-state index contributed by atoms with van der Waals surface area (Å²) in [6.07, 6.45) is 1.71. The molecule has 2 unspecified atom stereocenters. The molecule has 15 heavy (non-hydrogen) atoms. The van der Waals surface area contributed by atoms with Crippen molar-refractivity contribution in [3.8, 4) is 0 Å². The second-order valence-corrected chi connectivity index (χ2v) is 3.12. The van der Waals surface area contributed by atoms with Crippen molar-refractivity contribution in [2.45, 2.75) is 32.2 Å². The first-order valence-corrected chi connectivity index (χ1v) is 4.97. The van der Waals surface area contributed by atoms with Gasteiger partial charge in [-0.25, -0.2) is 4.90 Å². The van der Waals surface area contributed by atoms with E-state index in [1.165, 1.54) is 14.2 Å². The van der Waals surface area contributed by atoms with Gasteiger partial charge in [-0.15, -0.1) is 0 Å². The van der Waals surface area contributed by atoms with E-state index in [-0.39, 0.29) is 0 Å². The Hall–Kier alpha value is -0.780. The molecule has 88 valence electrons. The van der Waals surface area contributed by atoms with Crippen LogP contribution >= 0.6 is 0 Å². The van der Waals surface area contributed by atoms with Crippen LogP contribution in [0.4, 0.5) is 0 Å². The third-order valence-electron chi connectivity index (χ3n) is 2.14. The van der Waals surface area contributed by atoms with Crippen LogP contribution in [0.1, 0.15) is 19.8 Å². The summed E-state index contributed by atoms with van der Waals surface area (Å²) in [5.74, 6) is 0. The molecular formula is C10H19NO4. The maximum Gasteiger partial charge on any atom is 0.168 e. The van der Waals surface area contributed by atoms with E-state index in [1.807, 2.05) is 6.92 Å². The molecule has 0 heterocycles. The zero-order valence-corrected chi connectivity index (χ0v) is 9.51. The van der Waals surface area contributed by atoms with Gasteiger partial charge in [-0.3, -0.25) is 9.59 Å². The normalized spacial score (nSPS) is 14.9. The second kappa shape index (κ2) is 8.52. The predicted molar refractivity (Wildman–Crippen MR) is 55.3 cm³/mol. The average molecular weight is 217 g/mol. The zero-order valence-electron chi connectivity index (χ0n) is 9.51. The number of aldehydes is 2. The van der Waals surface area contributed by atoms with Crippen LogP contribution in [0.2, 0.25) is 0 Å². The molecule has 0 radical (unpaired) electrons. The quantitative estimate of drug-likeness (QED) is 0.414. The molecule has 0 aliphatic carbocycles. The van der Waals surface area contributed by atoms with Crippen molar-refractivity contribution in [1.82, 2.24) is 4.90 Å². The molecule has 5 heteroatoms. The van der Waals surface area contributed by atoms with Crippen molar-refractivity contribution >= 4 is 12.6 Å². The van der Waals surface area contributed by atoms with Crippen LogP contribution in [0.15, 0.2) is 0 Å². The van der Waals surface area contributed by atoms with E-state index >= 15 is 0 Å². The smallest absolute Gasteiger partial charge is 0.168 e. The number of nitrogens with zero attached hydrogens (tertiary/aromatic N) is 1. The fraction of sp³-hybridized carbons (Fsp3) is 0.800. The highest BCUT2D eigenvalue weighted by Crippen LogP contribution is 2.07. The van der Waals surface area contributed by atoms with Crippen LogP contribution in [0.25, 0.3) is 0 Å². The van der Waals surface area contributed by atoms with Gasteiger partial charge < -0.3 is 9.47 Å². The van der Waals surface area contributed by atoms with Crippen LogP contribution in [-0.4, -0.2) is 50.7 Å². The number of rotatable bonds is 9. The van der Waals surface area contributed by atoms with Gasteiger partial charge in [0, 0.05) is 20.8 Å². The SMILES string of the molecule is CCCCN(C(C=O)OC)C(C=O)OC. The molecule has 0 rings (SSSR count). The maximum atomic E-state index is 10.7. The van der Waals surface area contributed by atoms with Gasteiger partial charge in [0.25, 0.3) is 0 Å². The highest BCUT2D eigenvalue weighted by molar-refractivity contribution is 5.59. The van der Waals surface area contributed by atoms with Gasteiger partial charge in [-0.05, 0) is 6.42 Å². The molecule has 0 aromatic heterocycles. The molecule has 0 fully saturated rings. The van der Waals surface area contributed by atoms with Gasteiger partial charge in [0.15, 0.2) is 25.0 Å². The minimum atomic E-state index is -0.730. The number of unbranched alkanes of at least 4 members (excludes halogenated alkanes) is 1. The lowest BCUT2D eigenvalue weighted by atomic mass is 10.3. The zero-order chi connectivity index (χ0) is 11.7. The van der Waals surface area contributed by atoms with E-state index in [0.29, 0.717) is 19.1 Å². The van der Waals surface area contributed by atoms with Gasteiger partial charge in [0.1, 0.15) is 0 Å². The summed E-state index contributed by atoms with van der Waals surface area (Å²) < 4.78 is 9.92. The van der Waals surface area contributed by atoms with E-state index in [2.05, 4.69) is 0 Å². The Kier molecular flexibility index (Phi) is 8.08. The lowest BCUT2D eigenvalue weighted by molar-refractivity contribution is -0.155. The summed E-state index contributed by atoms with van der Waals surface area (Å²) >= 11 is 0. The molecule has 0 N–H and O–H groups in total. The Morgan fingerprint density at radius 3 is 1.87 bits per heavy atom. The van der Waals surface area contributed by atoms with E-state index in [1.54, 1.807) is 4.90 Å². The van der Waals surface area contributed by atoms with Crippen molar-refractivity contribution < 1.29 is 19.1 Å². The minimum Gasteiger partial charge on any atom is -0.359 e. The third-order valence-corrected chi connectivity index (χ3v) is 2.14. The van der Waals surface area contributed by atoms with Gasteiger partial charge in [0.2, 0.25) is 0 Å². The molecular weight excluding hydrogens is 198 g/mol. The van der Waals surface area contributed by atoms with Crippen molar-refractivity contribution in [3.63, 3.8) is 0 Å². The Bertz CT molecular complexity index is 170. The average Bonchev–Trinajstić information content (AvgIpc) is 2.28. The number of methoxy groups -OCH3 is 2. The molecule has 0 aromatic carbocycles. The standard InChI is InChI=1S/C10H19NO4/c1-4-5-6-11(9(7-12)14-2)10(8-13)15-3/h7-10H,4-6H2,1-3H3. The number of hydrogen-bond acceptors (Lipinski definition) is 5. The number of carbonyl (C=O) groups excluding carboxylic acids is 2. The van der Waals surface area contributed by atoms with Crippen molar-refractivity contribution in [2.75, 3.05) is 20.8 Å². The van der Waals surface area contributed by atoms with Gasteiger partial charge >= 0.3 is 0 Å². The highest BCUT2D eigenvalue weighted by atomic mass is 16.5. The molecule has 0 spiro atoms. The van der Waals surface area contributed by atoms with Crippen LogP contribution < -0.4 is 0 Å². The molecule has 0 saturated heterocycles. The van der Waals surface area contributed by atoms with Crippen molar-refractivity contribution in [2.24, 2.45) is 0 Å². The summed E-state index contributed by atoms with van der Waals surface area (Å²) in [6.45, 7) is 2.62. The number of carbonyl (C=O) groups is 2. The van der Waals surface area contributed by atoms with Crippen LogP contribution in [-0.2, 0) is 19.1 Å². The summed E-state index contributed by atoms with van der Waals surface area (Å²) in [4.78, 5) is 23.1. The lowest BCUT2D eigenvalue weighted by Gasteiger charge is -2.30. The Labute approximate surface area is 90.3 Å². The maximum absolute atomic E-state index is 10.7. The molecule has 0 amide bonds. The van der Waals surface area contributed by atoms with E-state index in [0.717, 1.165) is 12.8 Å². The second-order valence-electron chi connectivity index (χ2n) is 3.12. The molecule has 0 aliphatic rings. The predicted octanol–water partition coefficient (Wildman–Crippen LogP) is 0.431. The van der Waals surface area contributed by atoms with Crippen molar-refractivity contribution in [3.05, 3.63) is 0 Å².